The van der Waals surface area contributed by atoms with Crippen LogP contribution in [0, 0.1) is 11.6 Å². The van der Waals surface area contributed by atoms with E-state index in [0.29, 0.717) is 5.95 Å². The Morgan fingerprint density at radius 3 is 1.27 bits per heavy atom. The van der Waals surface area contributed by atoms with Gasteiger partial charge in [-0.1, -0.05) is 78.9 Å². The molecule has 0 atom stereocenters. The molecule has 0 N–H and O–H groups in total. The Morgan fingerprint density at radius 2 is 0.727 bits per heavy atom. The zero-order valence-corrected chi connectivity index (χ0v) is 36.5. The average Bonchev–Trinajstić information content (AvgIpc) is 4.10. The lowest BCUT2D eigenvalue weighted by atomic mass is 10.0. The van der Waals surface area contributed by atoms with Gasteiger partial charge in [-0.05, 0) is 126 Å². The summed E-state index contributed by atoms with van der Waals surface area (Å²) < 4.78 is 38.0. The van der Waals surface area contributed by atoms with Crippen molar-refractivity contribution in [3.8, 4) is 45.3 Å². The minimum Gasteiger partial charge on any atom is -0.309 e. The largest absolute Gasteiger partial charge is 0.309 e. The second-order valence-electron chi connectivity index (χ2n) is 16.8. The third kappa shape index (κ3) is 5.72. The van der Waals surface area contributed by atoms with Crippen LogP contribution in [0.4, 0.5) is 8.78 Å². The maximum Gasteiger partial charge on any atom is 0.235 e. The predicted octanol–water partition coefficient (Wildman–Crippen LogP) is 16.7. The predicted molar refractivity (Wildman–Crippen MR) is 273 cm³/mol. The van der Waals surface area contributed by atoms with E-state index in [1.807, 2.05) is 18.2 Å². The fourth-order valence-corrected chi connectivity index (χ4v) is 12.2. The van der Waals surface area contributed by atoms with E-state index in [1.54, 1.807) is 34.8 Å². The number of benzene rings is 9. The number of aromatic nitrogens is 4. The fraction of sp³-hybridized carbons (Fsp3) is 0. The highest BCUT2D eigenvalue weighted by Crippen LogP contribution is 2.42. The van der Waals surface area contributed by atoms with Crippen LogP contribution in [0.25, 0.3) is 129 Å². The van der Waals surface area contributed by atoms with E-state index in [0.717, 1.165) is 107 Å². The summed E-state index contributed by atoms with van der Waals surface area (Å²) in [5.41, 5.74) is 10.9. The summed E-state index contributed by atoms with van der Waals surface area (Å²) >= 11 is 3.30. The normalized spacial score (nSPS) is 12.1. The molecule has 0 fully saturated rings. The molecule has 14 rings (SSSR count). The van der Waals surface area contributed by atoms with Crippen molar-refractivity contribution in [1.29, 1.82) is 0 Å². The molecule has 0 radical (unpaired) electrons. The van der Waals surface area contributed by atoms with Gasteiger partial charge in [-0.2, -0.15) is 0 Å². The first-order valence-electron chi connectivity index (χ1n) is 21.8. The van der Waals surface area contributed by atoms with Crippen LogP contribution in [-0.2, 0) is 0 Å². The van der Waals surface area contributed by atoms with Crippen molar-refractivity contribution in [2.24, 2.45) is 0 Å². The standard InChI is InChI=1S/C58H32F2N4S2/c59-37-18-24-56-46(30-37)44-28-35(16-22-54(44)65-56)48-32-49(36-17-23-55-45(29-36)47-31-38(60)19-25-57(47)66-55)62-58(61-48)64-51-13-7-5-11-41(51)43-27-34(15-21-53(43)64)33-14-20-52-42(26-33)40-10-4-6-12-50(40)63(52)39-8-2-1-3-9-39/h1-32H. The van der Waals surface area contributed by atoms with Gasteiger partial charge in [0.25, 0.3) is 0 Å². The third-order valence-electron chi connectivity index (χ3n) is 13.1. The summed E-state index contributed by atoms with van der Waals surface area (Å²) in [6.45, 7) is 0. The molecule has 0 aliphatic carbocycles. The molecule has 0 bridgehead atoms. The van der Waals surface area contributed by atoms with E-state index in [-0.39, 0.29) is 11.6 Å². The Bertz CT molecular complexity index is 4190. The maximum absolute atomic E-state index is 14.6. The summed E-state index contributed by atoms with van der Waals surface area (Å²) in [6, 6.07) is 65.7. The van der Waals surface area contributed by atoms with Crippen LogP contribution in [0.5, 0.6) is 0 Å². The second-order valence-corrected chi connectivity index (χ2v) is 19.0. The molecule has 5 aromatic heterocycles. The molecule has 0 unspecified atom stereocenters. The summed E-state index contributed by atoms with van der Waals surface area (Å²) in [4.78, 5) is 10.8. The molecule has 0 aliphatic rings. The van der Waals surface area contributed by atoms with E-state index in [1.165, 1.54) is 28.4 Å². The van der Waals surface area contributed by atoms with Gasteiger partial charge >= 0.3 is 0 Å². The molecule has 310 valence electrons. The summed E-state index contributed by atoms with van der Waals surface area (Å²) in [7, 11) is 0. The lowest BCUT2D eigenvalue weighted by Crippen LogP contribution is -2.04. The maximum atomic E-state index is 14.6. The van der Waals surface area contributed by atoms with Crippen molar-refractivity contribution < 1.29 is 8.78 Å². The van der Waals surface area contributed by atoms with Crippen LogP contribution in [-0.4, -0.2) is 19.1 Å². The van der Waals surface area contributed by atoms with Crippen LogP contribution in [0.3, 0.4) is 0 Å². The van der Waals surface area contributed by atoms with Crippen LogP contribution in [0.2, 0.25) is 0 Å². The van der Waals surface area contributed by atoms with E-state index < -0.39 is 0 Å². The highest BCUT2D eigenvalue weighted by Gasteiger charge is 2.20. The van der Waals surface area contributed by atoms with Gasteiger partial charge in [0.15, 0.2) is 0 Å². The summed E-state index contributed by atoms with van der Waals surface area (Å²) in [6.07, 6.45) is 0. The average molecular weight is 887 g/mol. The van der Waals surface area contributed by atoms with Crippen LogP contribution in [0.1, 0.15) is 0 Å². The molecule has 4 nitrogen and oxygen atoms in total. The Labute approximate surface area is 383 Å². The smallest absolute Gasteiger partial charge is 0.235 e. The van der Waals surface area contributed by atoms with Crippen LogP contribution in [0.15, 0.2) is 194 Å². The van der Waals surface area contributed by atoms with Crippen molar-refractivity contribution in [2.75, 3.05) is 0 Å². The van der Waals surface area contributed by atoms with Gasteiger partial charge in [0.05, 0.1) is 33.5 Å². The van der Waals surface area contributed by atoms with Gasteiger partial charge < -0.3 is 4.57 Å². The molecule has 5 heterocycles. The zero-order valence-electron chi connectivity index (χ0n) is 34.8. The van der Waals surface area contributed by atoms with Gasteiger partial charge in [-0.3, -0.25) is 4.57 Å². The summed E-state index contributed by atoms with van der Waals surface area (Å²) in [5, 5.41) is 8.31. The van der Waals surface area contributed by atoms with Gasteiger partial charge in [-0.25, -0.2) is 18.7 Å². The number of thiophene rings is 2. The first kappa shape index (κ1) is 37.3. The van der Waals surface area contributed by atoms with Crippen molar-refractivity contribution in [2.45, 2.75) is 0 Å². The van der Waals surface area contributed by atoms with Gasteiger partial charge in [0, 0.05) is 78.7 Å². The van der Waals surface area contributed by atoms with Gasteiger partial charge in [0.1, 0.15) is 11.6 Å². The molecule has 0 spiro atoms. The van der Waals surface area contributed by atoms with Crippen molar-refractivity contribution in [3.05, 3.63) is 206 Å². The summed E-state index contributed by atoms with van der Waals surface area (Å²) in [5.74, 6) is 0.00145. The van der Waals surface area contributed by atoms with Crippen molar-refractivity contribution >= 4 is 107 Å². The topological polar surface area (TPSA) is 35.6 Å². The highest BCUT2D eigenvalue weighted by molar-refractivity contribution is 7.26. The van der Waals surface area contributed by atoms with E-state index in [4.69, 9.17) is 9.97 Å². The number of para-hydroxylation sites is 3. The van der Waals surface area contributed by atoms with E-state index in [9.17, 15) is 8.78 Å². The number of rotatable bonds is 5. The fourth-order valence-electron chi connectivity index (χ4n) is 10.0. The van der Waals surface area contributed by atoms with Crippen molar-refractivity contribution in [3.63, 3.8) is 0 Å². The Balaban J connectivity index is 0.973. The lowest BCUT2D eigenvalue weighted by Gasteiger charge is -2.12. The monoisotopic (exact) mass is 886 g/mol. The first-order valence-corrected chi connectivity index (χ1v) is 23.4. The van der Waals surface area contributed by atoms with Crippen LogP contribution >= 0.6 is 22.7 Å². The Morgan fingerprint density at radius 1 is 0.318 bits per heavy atom. The molecule has 0 saturated heterocycles. The number of hydrogen-bond donors (Lipinski definition) is 0. The van der Waals surface area contributed by atoms with Crippen LogP contribution < -0.4 is 0 Å². The quantitative estimate of drug-likeness (QED) is 0.173. The van der Waals surface area contributed by atoms with Gasteiger partial charge in [0.2, 0.25) is 5.95 Å². The highest BCUT2D eigenvalue weighted by atomic mass is 32.1. The number of hydrogen-bond acceptors (Lipinski definition) is 4. The zero-order chi connectivity index (χ0) is 43.6. The lowest BCUT2D eigenvalue weighted by molar-refractivity contribution is 0.629. The Hall–Kier alpha value is -8.04. The molecule has 9 aromatic carbocycles. The molecule has 14 aromatic rings. The molecular weight excluding hydrogens is 855 g/mol. The second kappa shape index (κ2) is 14.2. The number of nitrogens with zero attached hydrogens (tertiary/aromatic N) is 4. The van der Waals surface area contributed by atoms with Crippen molar-refractivity contribution in [1.82, 2.24) is 19.1 Å². The van der Waals surface area contributed by atoms with E-state index in [2.05, 4.69) is 161 Å². The molecule has 0 aliphatic heterocycles. The molecule has 66 heavy (non-hydrogen) atoms. The number of halogens is 2. The molecule has 8 heteroatoms. The van der Waals surface area contributed by atoms with Gasteiger partial charge in [-0.15, -0.1) is 22.7 Å². The minimum absolute atomic E-state index is 0.263. The Kier molecular flexibility index (Phi) is 8.05. The first-order chi connectivity index (χ1) is 32.5. The molecular formula is C58H32F2N4S2. The minimum atomic E-state index is -0.263. The van der Waals surface area contributed by atoms with E-state index >= 15 is 0 Å². The SMILES string of the molecule is Fc1ccc2sc3ccc(-c4cc(-c5ccc6sc7ccc(F)cc7c6c5)nc(-n5c6ccccc6c6cc(-c7ccc8c(c7)c7ccccc7n8-c7ccccc7)ccc65)n4)cc3c2c1. The molecule has 0 saturated carbocycles. The number of fused-ring (bicyclic) bond motifs is 12. The third-order valence-corrected chi connectivity index (χ3v) is 15.4. The molecule has 0 amide bonds.